The average molecular weight is 377 g/mol. The molecule has 0 radical (unpaired) electrons. The maximum Gasteiger partial charge on any atom is 0.316 e. The second kappa shape index (κ2) is 8.92. The van der Waals surface area contributed by atoms with Gasteiger partial charge in [-0.05, 0) is 23.1 Å². The molecule has 138 valence electrons. The van der Waals surface area contributed by atoms with Gasteiger partial charge in [-0.25, -0.2) is 0 Å². The van der Waals surface area contributed by atoms with Crippen molar-refractivity contribution in [2.24, 2.45) is 0 Å². The Labute approximate surface area is 165 Å². The molecule has 27 heavy (non-hydrogen) atoms. The predicted molar refractivity (Wildman–Crippen MR) is 113 cm³/mol. The molecule has 0 amide bonds. The van der Waals surface area contributed by atoms with Crippen molar-refractivity contribution in [1.82, 2.24) is 0 Å². The Morgan fingerprint density at radius 3 is 1.48 bits per heavy atom. The van der Waals surface area contributed by atoms with Crippen LogP contribution in [0.1, 0.15) is 36.5 Å². The summed E-state index contributed by atoms with van der Waals surface area (Å²) in [5.74, 6) is -0.756. The number of carboxylic acid groups (broad SMARTS) is 1. The first-order chi connectivity index (χ1) is 13.2. The van der Waals surface area contributed by atoms with Crippen LogP contribution in [0.2, 0.25) is 0 Å². The average Bonchev–Trinajstić information content (AvgIpc) is 2.73. The standard InChI is InChI=1S/C24H24O2S/c1-2-12-22(23(25)26)27-24(19-13-6-3-7-14-19,20-15-8-4-9-16-20)21-17-10-5-11-18-21/h3-11,13-18,22H,2,12H2,1H3,(H,25,26). The van der Waals surface area contributed by atoms with E-state index in [9.17, 15) is 9.90 Å². The van der Waals surface area contributed by atoms with Crippen LogP contribution in [0.5, 0.6) is 0 Å². The third-order valence-electron chi connectivity index (χ3n) is 4.69. The Morgan fingerprint density at radius 1 is 0.815 bits per heavy atom. The van der Waals surface area contributed by atoms with Crippen molar-refractivity contribution in [3.63, 3.8) is 0 Å². The van der Waals surface area contributed by atoms with Crippen LogP contribution in [0, 0.1) is 0 Å². The molecule has 0 saturated heterocycles. The molecule has 0 aliphatic heterocycles. The number of hydrogen-bond acceptors (Lipinski definition) is 2. The van der Waals surface area contributed by atoms with E-state index in [1.807, 2.05) is 61.5 Å². The van der Waals surface area contributed by atoms with E-state index in [1.54, 1.807) is 0 Å². The van der Waals surface area contributed by atoms with Crippen molar-refractivity contribution in [3.05, 3.63) is 108 Å². The lowest BCUT2D eigenvalue weighted by atomic mass is 9.84. The third-order valence-corrected chi connectivity index (χ3v) is 6.47. The summed E-state index contributed by atoms with van der Waals surface area (Å²) in [6.07, 6.45) is 1.46. The number of rotatable bonds is 8. The van der Waals surface area contributed by atoms with E-state index in [0.29, 0.717) is 6.42 Å². The van der Waals surface area contributed by atoms with Crippen LogP contribution in [0.3, 0.4) is 0 Å². The highest BCUT2D eigenvalue weighted by molar-refractivity contribution is 8.01. The summed E-state index contributed by atoms with van der Waals surface area (Å²) in [6, 6.07) is 30.7. The van der Waals surface area contributed by atoms with Gasteiger partial charge in [-0.3, -0.25) is 4.79 Å². The first-order valence-corrected chi connectivity index (χ1v) is 10.1. The normalized spacial score (nSPS) is 12.5. The highest BCUT2D eigenvalue weighted by atomic mass is 32.2. The number of thioether (sulfide) groups is 1. The Morgan fingerprint density at radius 2 is 1.19 bits per heavy atom. The topological polar surface area (TPSA) is 37.3 Å². The second-order valence-corrected chi connectivity index (χ2v) is 7.93. The Kier molecular flexibility index (Phi) is 6.36. The quantitative estimate of drug-likeness (QED) is 0.493. The highest BCUT2D eigenvalue weighted by Crippen LogP contribution is 2.50. The van der Waals surface area contributed by atoms with E-state index < -0.39 is 16.0 Å². The molecular formula is C24H24O2S. The lowest BCUT2D eigenvalue weighted by molar-refractivity contribution is -0.136. The summed E-state index contributed by atoms with van der Waals surface area (Å²) < 4.78 is -0.581. The molecule has 0 bridgehead atoms. The first-order valence-electron chi connectivity index (χ1n) is 9.25. The minimum absolute atomic E-state index is 0.490. The number of hydrogen-bond donors (Lipinski definition) is 1. The molecule has 1 N–H and O–H groups in total. The van der Waals surface area contributed by atoms with Crippen molar-refractivity contribution in [3.8, 4) is 0 Å². The maximum atomic E-state index is 12.0. The minimum Gasteiger partial charge on any atom is -0.480 e. The first kappa shape index (κ1) is 19.2. The van der Waals surface area contributed by atoms with Gasteiger partial charge >= 0.3 is 5.97 Å². The SMILES string of the molecule is CCCC(SC(c1ccccc1)(c1ccccc1)c1ccccc1)C(=O)O. The van der Waals surface area contributed by atoms with E-state index in [2.05, 4.69) is 36.4 Å². The number of aliphatic carboxylic acids is 1. The van der Waals surface area contributed by atoms with E-state index >= 15 is 0 Å². The van der Waals surface area contributed by atoms with Gasteiger partial charge in [-0.2, -0.15) is 0 Å². The summed E-state index contributed by atoms with van der Waals surface area (Å²) >= 11 is 1.53. The van der Waals surface area contributed by atoms with Crippen LogP contribution >= 0.6 is 11.8 Å². The van der Waals surface area contributed by atoms with Crippen molar-refractivity contribution in [2.45, 2.75) is 29.8 Å². The molecule has 0 fully saturated rings. The highest BCUT2D eigenvalue weighted by Gasteiger charge is 2.40. The molecule has 3 aromatic rings. The molecule has 0 aliphatic carbocycles. The molecule has 3 aromatic carbocycles. The second-order valence-electron chi connectivity index (χ2n) is 6.51. The van der Waals surface area contributed by atoms with Crippen LogP contribution in [0.4, 0.5) is 0 Å². The largest absolute Gasteiger partial charge is 0.480 e. The number of carboxylic acids is 1. The van der Waals surface area contributed by atoms with Crippen molar-refractivity contribution < 1.29 is 9.90 Å². The van der Waals surface area contributed by atoms with Crippen LogP contribution in [-0.2, 0) is 9.54 Å². The van der Waals surface area contributed by atoms with Crippen molar-refractivity contribution in [2.75, 3.05) is 0 Å². The zero-order chi connectivity index (χ0) is 19.1. The molecule has 0 aromatic heterocycles. The van der Waals surface area contributed by atoms with Gasteiger partial charge in [-0.1, -0.05) is 104 Å². The molecular weight excluding hydrogens is 352 g/mol. The zero-order valence-corrected chi connectivity index (χ0v) is 16.2. The summed E-state index contributed by atoms with van der Waals surface area (Å²) in [7, 11) is 0. The molecule has 1 unspecified atom stereocenters. The van der Waals surface area contributed by atoms with Crippen LogP contribution in [0.15, 0.2) is 91.0 Å². The number of carbonyl (C=O) groups is 1. The van der Waals surface area contributed by atoms with Crippen molar-refractivity contribution >= 4 is 17.7 Å². The molecule has 0 heterocycles. The summed E-state index contributed by atoms with van der Waals surface area (Å²) in [5, 5.41) is 9.40. The van der Waals surface area contributed by atoms with E-state index in [4.69, 9.17) is 0 Å². The van der Waals surface area contributed by atoms with Gasteiger partial charge in [-0.15, -0.1) is 11.8 Å². The van der Waals surface area contributed by atoms with Gasteiger partial charge < -0.3 is 5.11 Å². The fraction of sp³-hybridized carbons (Fsp3) is 0.208. The van der Waals surface area contributed by atoms with Crippen LogP contribution in [0.25, 0.3) is 0 Å². The maximum absolute atomic E-state index is 12.0. The van der Waals surface area contributed by atoms with Crippen LogP contribution < -0.4 is 0 Å². The van der Waals surface area contributed by atoms with Gasteiger partial charge in [0.05, 0.1) is 4.75 Å². The summed E-state index contributed by atoms with van der Waals surface area (Å²) in [5.41, 5.74) is 3.28. The Bertz CT molecular complexity index is 751. The van der Waals surface area contributed by atoms with E-state index in [-0.39, 0.29) is 0 Å². The third kappa shape index (κ3) is 4.09. The van der Waals surface area contributed by atoms with Gasteiger partial charge in [0.15, 0.2) is 0 Å². The molecule has 0 aliphatic rings. The predicted octanol–water partition coefficient (Wildman–Crippen LogP) is 5.97. The van der Waals surface area contributed by atoms with E-state index in [1.165, 1.54) is 11.8 Å². The zero-order valence-electron chi connectivity index (χ0n) is 15.4. The van der Waals surface area contributed by atoms with Gasteiger partial charge in [0.1, 0.15) is 5.25 Å². The molecule has 3 rings (SSSR count). The fourth-order valence-electron chi connectivity index (χ4n) is 3.43. The van der Waals surface area contributed by atoms with Crippen LogP contribution in [-0.4, -0.2) is 16.3 Å². The summed E-state index contributed by atoms with van der Waals surface area (Å²) in [6.45, 7) is 2.03. The minimum atomic E-state index is -0.756. The molecule has 0 saturated carbocycles. The smallest absolute Gasteiger partial charge is 0.316 e. The molecule has 1 atom stereocenters. The molecule has 2 nitrogen and oxygen atoms in total. The Hall–Kier alpha value is -2.52. The van der Waals surface area contributed by atoms with Gasteiger partial charge in [0, 0.05) is 0 Å². The van der Waals surface area contributed by atoms with Gasteiger partial charge in [0.25, 0.3) is 0 Å². The lowest BCUT2D eigenvalue weighted by Gasteiger charge is -2.37. The monoisotopic (exact) mass is 376 g/mol. The summed E-state index contributed by atoms with van der Waals surface area (Å²) in [4.78, 5) is 12.0. The molecule has 3 heteroatoms. The molecule has 0 spiro atoms. The van der Waals surface area contributed by atoms with E-state index in [0.717, 1.165) is 23.1 Å². The fourth-order valence-corrected chi connectivity index (χ4v) is 5.13. The Balaban J connectivity index is 2.27. The van der Waals surface area contributed by atoms with Gasteiger partial charge in [0.2, 0.25) is 0 Å². The lowest BCUT2D eigenvalue weighted by Crippen LogP contribution is -2.31. The number of benzene rings is 3. The van der Waals surface area contributed by atoms with Crippen molar-refractivity contribution in [1.29, 1.82) is 0 Å².